The number of amides is 1. The van der Waals surface area contributed by atoms with E-state index < -0.39 is 0 Å². The van der Waals surface area contributed by atoms with Crippen LogP contribution in [0.4, 0.5) is 0 Å². The first-order chi connectivity index (χ1) is 14.2. The maximum atomic E-state index is 13.1. The smallest absolute Gasteiger partial charge is 0.283 e. The Morgan fingerprint density at radius 3 is 3.10 bits per heavy atom. The van der Waals surface area contributed by atoms with Crippen molar-refractivity contribution in [3.05, 3.63) is 40.5 Å². The second-order valence-electron chi connectivity index (χ2n) is 7.42. The molecule has 2 aliphatic heterocycles. The highest BCUT2D eigenvalue weighted by Crippen LogP contribution is 2.40. The lowest BCUT2D eigenvalue weighted by molar-refractivity contribution is 0.0503. The number of thiazole rings is 1. The molecule has 29 heavy (non-hydrogen) atoms. The van der Waals surface area contributed by atoms with Crippen molar-refractivity contribution in [2.45, 2.75) is 31.7 Å². The molecule has 4 heterocycles. The second kappa shape index (κ2) is 7.61. The zero-order valence-electron chi connectivity index (χ0n) is 15.9. The Labute approximate surface area is 172 Å². The standard InChI is InChI=1S/C21H22N4O3S/c26-12-15-3-1-2-7-25(15)21(27)20-24-19-16-5-4-13(14-10-22-23-11-14)9-17(16)28-8-6-18(19)29-20/h4-5,9-11,15,26H,1-3,6-8,12H2,(H,22,23). The number of rotatable bonds is 3. The number of H-pyrrole nitrogens is 1. The van der Waals surface area contributed by atoms with Crippen molar-refractivity contribution in [1.29, 1.82) is 0 Å². The number of aromatic nitrogens is 3. The highest BCUT2D eigenvalue weighted by molar-refractivity contribution is 7.14. The summed E-state index contributed by atoms with van der Waals surface area (Å²) in [5.41, 5.74) is 3.77. The highest BCUT2D eigenvalue weighted by atomic mass is 32.1. The highest BCUT2D eigenvalue weighted by Gasteiger charge is 2.30. The van der Waals surface area contributed by atoms with Gasteiger partial charge in [0.1, 0.15) is 5.75 Å². The molecule has 1 amide bonds. The van der Waals surface area contributed by atoms with Crippen LogP contribution in [-0.2, 0) is 6.42 Å². The molecule has 1 aromatic carbocycles. The number of benzene rings is 1. The van der Waals surface area contributed by atoms with E-state index in [-0.39, 0.29) is 18.6 Å². The molecular weight excluding hydrogens is 388 g/mol. The number of hydrogen-bond acceptors (Lipinski definition) is 6. The number of carbonyl (C=O) groups excluding carboxylic acids is 1. The fraction of sp³-hybridized carbons (Fsp3) is 0.381. The molecule has 1 atom stereocenters. The maximum absolute atomic E-state index is 13.1. The van der Waals surface area contributed by atoms with Gasteiger partial charge in [-0.05, 0) is 37.0 Å². The van der Waals surface area contributed by atoms with E-state index in [2.05, 4.69) is 10.2 Å². The molecule has 1 unspecified atom stereocenters. The van der Waals surface area contributed by atoms with E-state index in [9.17, 15) is 9.90 Å². The SMILES string of the molecule is O=C(c1nc2c(s1)CCOc1cc(-c3cn[nH]c3)ccc1-2)N1CCCCC1CO. The molecule has 2 aromatic heterocycles. The van der Waals surface area contributed by atoms with E-state index in [0.717, 1.165) is 58.7 Å². The molecule has 3 aromatic rings. The van der Waals surface area contributed by atoms with E-state index in [1.807, 2.05) is 24.4 Å². The van der Waals surface area contributed by atoms with Crippen LogP contribution in [0.3, 0.4) is 0 Å². The summed E-state index contributed by atoms with van der Waals surface area (Å²) in [4.78, 5) is 20.7. The maximum Gasteiger partial charge on any atom is 0.283 e. The Balaban J connectivity index is 1.49. The van der Waals surface area contributed by atoms with E-state index in [1.54, 1.807) is 11.1 Å². The van der Waals surface area contributed by atoms with Gasteiger partial charge in [-0.25, -0.2) is 4.98 Å². The van der Waals surface area contributed by atoms with E-state index in [1.165, 1.54) is 11.3 Å². The second-order valence-corrected chi connectivity index (χ2v) is 8.50. The number of carbonyl (C=O) groups is 1. The van der Waals surface area contributed by atoms with Crippen molar-refractivity contribution < 1.29 is 14.6 Å². The van der Waals surface area contributed by atoms with Gasteiger partial charge < -0.3 is 14.7 Å². The Hall–Kier alpha value is -2.71. The number of likely N-dealkylation sites (tertiary alicyclic amines) is 1. The average molecular weight is 410 g/mol. The third-order valence-electron chi connectivity index (χ3n) is 5.63. The van der Waals surface area contributed by atoms with Crippen LogP contribution >= 0.6 is 11.3 Å². The number of ether oxygens (including phenoxy) is 1. The molecule has 0 spiro atoms. The summed E-state index contributed by atoms with van der Waals surface area (Å²) < 4.78 is 5.99. The van der Waals surface area contributed by atoms with Crippen molar-refractivity contribution in [3.63, 3.8) is 0 Å². The van der Waals surface area contributed by atoms with Crippen molar-refractivity contribution in [2.75, 3.05) is 19.8 Å². The van der Waals surface area contributed by atoms with Gasteiger partial charge in [-0.15, -0.1) is 11.3 Å². The molecule has 0 bridgehead atoms. The summed E-state index contributed by atoms with van der Waals surface area (Å²) in [6.07, 6.45) is 7.22. The summed E-state index contributed by atoms with van der Waals surface area (Å²) in [6.45, 7) is 1.24. The average Bonchev–Trinajstić information content (AvgIpc) is 3.41. The summed E-state index contributed by atoms with van der Waals surface area (Å²) in [5, 5.41) is 17.0. The normalized spacial score (nSPS) is 18.5. The van der Waals surface area contributed by atoms with Crippen molar-refractivity contribution in [2.24, 2.45) is 0 Å². The Bertz CT molecular complexity index is 1030. The minimum absolute atomic E-state index is 0.00426. The van der Waals surface area contributed by atoms with E-state index >= 15 is 0 Å². The van der Waals surface area contributed by atoms with Gasteiger partial charge in [-0.3, -0.25) is 9.89 Å². The van der Waals surface area contributed by atoms with Crippen LogP contribution in [-0.4, -0.2) is 56.9 Å². The summed E-state index contributed by atoms with van der Waals surface area (Å²) in [7, 11) is 0. The monoisotopic (exact) mass is 410 g/mol. The number of aliphatic hydroxyl groups excluding tert-OH is 1. The fourth-order valence-electron chi connectivity index (χ4n) is 4.08. The van der Waals surface area contributed by atoms with Gasteiger partial charge in [0.25, 0.3) is 5.91 Å². The third-order valence-corrected chi connectivity index (χ3v) is 6.74. The van der Waals surface area contributed by atoms with Crippen LogP contribution in [0.15, 0.2) is 30.6 Å². The zero-order valence-corrected chi connectivity index (χ0v) is 16.7. The van der Waals surface area contributed by atoms with Gasteiger partial charge in [0.05, 0.1) is 31.1 Å². The lowest BCUT2D eigenvalue weighted by Crippen LogP contribution is -2.45. The molecule has 150 valence electrons. The van der Waals surface area contributed by atoms with Gasteiger partial charge in [-0.1, -0.05) is 6.07 Å². The molecule has 2 N–H and O–H groups in total. The predicted molar refractivity (Wildman–Crippen MR) is 110 cm³/mol. The first kappa shape index (κ1) is 18.3. The quantitative estimate of drug-likeness (QED) is 0.692. The number of aromatic amines is 1. The summed E-state index contributed by atoms with van der Waals surface area (Å²) in [6, 6.07) is 5.93. The fourth-order valence-corrected chi connectivity index (χ4v) is 5.10. The number of piperidine rings is 1. The zero-order chi connectivity index (χ0) is 19.8. The minimum Gasteiger partial charge on any atom is -0.492 e. The van der Waals surface area contributed by atoms with E-state index in [0.29, 0.717) is 18.2 Å². The molecule has 0 saturated carbocycles. The molecule has 0 aliphatic carbocycles. The van der Waals surface area contributed by atoms with Gasteiger partial charge in [-0.2, -0.15) is 5.10 Å². The predicted octanol–water partition coefficient (Wildman–Crippen LogP) is 3.12. The minimum atomic E-state index is -0.104. The van der Waals surface area contributed by atoms with E-state index in [4.69, 9.17) is 9.72 Å². The topological polar surface area (TPSA) is 91.3 Å². The Morgan fingerprint density at radius 2 is 2.28 bits per heavy atom. The van der Waals surface area contributed by atoms with Gasteiger partial charge in [0, 0.05) is 35.2 Å². The van der Waals surface area contributed by atoms with Gasteiger partial charge in [0.15, 0.2) is 5.01 Å². The summed E-state index contributed by atoms with van der Waals surface area (Å²) >= 11 is 1.45. The lowest BCUT2D eigenvalue weighted by atomic mass is 10.0. The molecule has 1 fully saturated rings. The number of fused-ring (bicyclic) bond motifs is 3. The van der Waals surface area contributed by atoms with Gasteiger partial charge >= 0.3 is 0 Å². The molecule has 1 saturated heterocycles. The number of nitrogens with zero attached hydrogens (tertiary/aromatic N) is 3. The number of nitrogens with one attached hydrogen (secondary N) is 1. The molecule has 5 rings (SSSR count). The molecular formula is C21H22N4O3S. The third kappa shape index (κ3) is 3.32. The van der Waals surface area contributed by atoms with Crippen LogP contribution in [0, 0.1) is 0 Å². The van der Waals surface area contributed by atoms with Gasteiger partial charge in [0.2, 0.25) is 0 Å². The van der Waals surface area contributed by atoms with Crippen LogP contribution in [0.1, 0.15) is 33.9 Å². The first-order valence-corrected chi connectivity index (χ1v) is 10.7. The number of aliphatic hydroxyl groups is 1. The van der Waals surface area contributed by atoms with Crippen LogP contribution in [0.5, 0.6) is 5.75 Å². The molecule has 7 nitrogen and oxygen atoms in total. The van der Waals surface area contributed by atoms with Crippen molar-refractivity contribution in [1.82, 2.24) is 20.1 Å². The number of hydrogen-bond donors (Lipinski definition) is 2. The van der Waals surface area contributed by atoms with Crippen molar-refractivity contribution in [3.8, 4) is 28.1 Å². The summed E-state index contributed by atoms with van der Waals surface area (Å²) in [5.74, 6) is 0.706. The Morgan fingerprint density at radius 1 is 1.34 bits per heavy atom. The van der Waals surface area contributed by atoms with Crippen LogP contribution in [0.2, 0.25) is 0 Å². The molecule has 2 aliphatic rings. The first-order valence-electron chi connectivity index (χ1n) is 9.92. The lowest BCUT2D eigenvalue weighted by Gasteiger charge is -2.33. The van der Waals surface area contributed by atoms with Crippen LogP contribution in [0.25, 0.3) is 22.4 Å². The molecule has 8 heteroatoms. The van der Waals surface area contributed by atoms with Crippen molar-refractivity contribution >= 4 is 17.2 Å². The largest absolute Gasteiger partial charge is 0.492 e. The Kier molecular flexibility index (Phi) is 4.81. The molecule has 0 radical (unpaired) electrons. The van der Waals surface area contributed by atoms with Crippen LogP contribution < -0.4 is 4.74 Å².